The summed E-state index contributed by atoms with van der Waals surface area (Å²) < 4.78 is 7.50. The van der Waals surface area contributed by atoms with Gasteiger partial charge < -0.3 is 14.2 Å². The van der Waals surface area contributed by atoms with Crippen LogP contribution in [0.5, 0.6) is 0 Å². The standard InChI is InChI=1S/C21H25N5O2S/c1-16(2)26-20(18-9-6-14-28-18)22-23-21(26)29-15-19(27)25-12-10-24(11-13-25)17-7-4-3-5-8-17/h3-9,14,16H,10-13,15H2,1-2H3. The number of benzene rings is 1. The zero-order valence-electron chi connectivity index (χ0n) is 16.7. The molecule has 4 rings (SSSR count). The van der Waals surface area contributed by atoms with Gasteiger partial charge in [-0.3, -0.25) is 9.36 Å². The van der Waals surface area contributed by atoms with Crippen LogP contribution in [0.15, 0.2) is 58.3 Å². The number of rotatable bonds is 6. The summed E-state index contributed by atoms with van der Waals surface area (Å²) in [4.78, 5) is 17.0. The van der Waals surface area contributed by atoms with Crippen LogP contribution in [0.3, 0.4) is 0 Å². The monoisotopic (exact) mass is 411 g/mol. The summed E-state index contributed by atoms with van der Waals surface area (Å²) in [5, 5.41) is 9.32. The minimum Gasteiger partial charge on any atom is -0.461 e. The SMILES string of the molecule is CC(C)n1c(SCC(=O)N2CCN(c3ccccc3)CC2)nnc1-c1ccco1. The quantitative estimate of drug-likeness (QED) is 0.578. The van der Waals surface area contributed by atoms with E-state index in [2.05, 4.69) is 41.1 Å². The fourth-order valence-electron chi connectivity index (χ4n) is 3.49. The molecule has 1 aromatic carbocycles. The summed E-state index contributed by atoms with van der Waals surface area (Å²) in [6.07, 6.45) is 1.63. The maximum Gasteiger partial charge on any atom is 0.233 e. The summed E-state index contributed by atoms with van der Waals surface area (Å²) in [6.45, 7) is 7.33. The molecule has 0 N–H and O–H groups in total. The molecule has 1 fully saturated rings. The number of piperazine rings is 1. The zero-order chi connectivity index (χ0) is 20.2. The van der Waals surface area contributed by atoms with E-state index < -0.39 is 0 Å². The number of nitrogens with zero attached hydrogens (tertiary/aromatic N) is 5. The molecule has 0 aliphatic carbocycles. The van der Waals surface area contributed by atoms with Crippen LogP contribution in [0.4, 0.5) is 5.69 Å². The van der Waals surface area contributed by atoms with E-state index in [1.807, 2.05) is 39.8 Å². The van der Waals surface area contributed by atoms with Crippen molar-refractivity contribution in [3.63, 3.8) is 0 Å². The molecule has 0 unspecified atom stereocenters. The number of carbonyl (C=O) groups is 1. The molecular weight excluding hydrogens is 386 g/mol. The number of furan rings is 1. The lowest BCUT2D eigenvalue weighted by Gasteiger charge is -2.36. The van der Waals surface area contributed by atoms with Gasteiger partial charge in [0.15, 0.2) is 10.9 Å². The molecule has 1 aliphatic rings. The van der Waals surface area contributed by atoms with E-state index in [4.69, 9.17) is 4.42 Å². The van der Waals surface area contributed by atoms with Crippen LogP contribution in [0.1, 0.15) is 19.9 Å². The van der Waals surface area contributed by atoms with Gasteiger partial charge in [0.05, 0.1) is 12.0 Å². The fraction of sp³-hybridized carbons (Fsp3) is 0.381. The molecule has 0 atom stereocenters. The summed E-state index contributed by atoms with van der Waals surface area (Å²) in [6, 6.07) is 14.2. The second kappa shape index (κ2) is 8.73. The minimum absolute atomic E-state index is 0.139. The van der Waals surface area contributed by atoms with E-state index in [9.17, 15) is 4.79 Å². The van der Waals surface area contributed by atoms with Gasteiger partial charge in [-0.05, 0) is 38.1 Å². The predicted octanol–water partition coefficient (Wildman–Crippen LogP) is 3.56. The van der Waals surface area contributed by atoms with Gasteiger partial charge in [-0.1, -0.05) is 30.0 Å². The van der Waals surface area contributed by atoms with E-state index in [-0.39, 0.29) is 11.9 Å². The number of hydrogen-bond donors (Lipinski definition) is 0. The molecule has 0 radical (unpaired) electrons. The highest BCUT2D eigenvalue weighted by molar-refractivity contribution is 7.99. The Labute approximate surface area is 174 Å². The van der Waals surface area contributed by atoms with Crippen LogP contribution in [0.25, 0.3) is 11.6 Å². The maximum atomic E-state index is 12.7. The third-order valence-corrected chi connectivity index (χ3v) is 5.93. The van der Waals surface area contributed by atoms with Crippen molar-refractivity contribution < 1.29 is 9.21 Å². The van der Waals surface area contributed by atoms with Gasteiger partial charge in [0.2, 0.25) is 11.7 Å². The van der Waals surface area contributed by atoms with E-state index in [1.54, 1.807) is 6.26 Å². The van der Waals surface area contributed by atoms with Crippen molar-refractivity contribution in [2.45, 2.75) is 25.0 Å². The van der Waals surface area contributed by atoms with Gasteiger partial charge >= 0.3 is 0 Å². The van der Waals surface area contributed by atoms with Crippen molar-refractivity contribution in [2.24, 2.45) is 0 Å². The number of carbonyl (C=O) groups excluding carboxylic acids is 1. The molecule has 0 spiro atoms. The largest absolute Gasteiger partial charge is 0.461 e. The highest BCUT2D eigenvalue weighted by atomic mass is 32.2. The summed E-state index contributed by atoms with van der Waals surface area (Å²) in [7, 11) is 0. The van der Waals surface area contributed by atoms with Crippen LogP contribution >= 0.6 is 11.8 Å². The second-order valence-electron chi connectivity index (χ2n) is 7.24. The molecule has 0 saturated carbocycles. The Morgan fingerprint density at radius 2 is 1.83 bits per heavy atom. The lowest BCUT2D eigenvalue weighted by molar-refractivity contribution is -0.128. The van der Waals surface area contributed by atoms with Crippen LogP contribution in [-0.4, -0.2) is 57.5 Å². The van der Waals surface area contributed by atoms with Crippen molar-refractivity contribution >= 4 is 23.4 Å². The molecule has 2 aromatic heterocycles. The Morgan fingerprint density at radius 1 is 1.07 bits per heavy atom. The van der Waals surface area contributed by atoms with Crippen LogP contribution < -0.4 is 4.90 Å². The molecule has 152 valence electrons. The molecule has 1 saturated heterocycles. The zero-order valence-corrected chi connectivity index (χ0v) is 17.5. The minimum atomic E-state index is 0.139. The Kier molecular flexibility index (Phi) is 5.89. The van der Waals surface area contributed by atoms with Crippen molar-refractivity contribution in [2.75, 3.05) is 36.8 Å². The fourth-order valence-corrected chi connectivity index (χ4v) is 4.46. The first kappa shape index (κ1) is 19.6. The first-order valence-corrected chi connectivity index (χ1v) is 10.8. The predicted molar refractivity (Wildman–Crippen MR) is 114 cm³/mol. The molecule has 3 aromatic rings. The van der Waals surface area contributed by atoms with E-state index in [0.29, 0.717) is 17.3 Å². The highest BCUT2D eigenvalue weighted by Gasteiger charge is 2.23. The molecule has 1 amide bonds. The Morgan fingerprint density at radius 3 is 2.48 bits per heavy atom. The molecule has 0 bridgehead atoms. The van der Waals surface area contributed by atoms with E-state index in [1.165, 1.54) is 17.4 Å². The molecular formula is C21H25N5O2S. The van der Waals surface area contributed by atoms with Gasteiger partial charge in [0.1, 0.15) is 0 Å². The summed E-state index contributed by atoms with van der Waals surface area (Å²) in [5.41, 5.74) is 1.21. The van der Waals surface area contributed by atoms with E-state index in [0.717, 1.165) is 31.3 Å². The maximum absolute atomic E-state index is 12.7. The van der Waals surface area contributed by atoms with Gasteiger partial charge in [-0.15, -0.1) is 10.2 Å². The van der Waals surface area contributed by atoms with Crippen molar-refractivity contribution in [1.82, 2.24) is 19.7 Å². The number of amides is 1. The van der Waals surface area contributed by atoms with Gasteiger partial charge in [0.25, 0.3) is 0 Å². The Bertz CT molecular complexity index is 931. The van der Waals surface area contributed by atoms with Gasteiger partial charge in [-0.25, -0.2) is 0 Å². The van der Waals surface area contributed by atoms with E-state index >= 15 is 0 Å². The average molecular weight is 412 g/mol. The first-order valence-electron chi connectivity index (χ1n) is 9.83. The van der Waals surface area contributed by atoms with Crippen LogP contribution in [-0.2, 0) is 4.79 Å². The lowest BCUT2D eigenvalue weighted by atomic mass is 10.2. The smallest absolute Gasteiger partial charge is 0.233 e. The topological polar surface area (TPSA) is 67.4 Å². The normalized spacial score (nSPS) is 14.6. The third kappa shape index (κ3) is 4.32. The number of thioether (sulfide) groups is 1. The number of aromatic nitrogens is 3. The molecule has 3 heterocycles. The average Bonchev–Trinajstić information content (AvgIpc) is 3.42. The van der Waals surface area contributed by atoms with Crippen molar-refractivity contribution in [3.8, 4) is 11.6 Å². The van der Waals surface area contributed by atoms with Crippen LogP contribution in [0, 0.1) is 0 Å². The highest BCUT2D eigenvalue weighted by Crippen LogP contribution is 2.28. The van der Waals surface area contributed by atoms with Crippen molar-refractivity contribution in [1.29, 1.82) is 0 Å². The molecule has 8 heteroatoms. The number of anilines is 1. The van der Waals surface area contributed by atoms with Crippen LogP contribution in [0.2, 0.25) is 0 Å². The van der Waals surface area contributed by atoms with Gasteiger partial charge in [0, 0.05) is 37.9 Å². The molecule has 1 aliphatic heterocycles. The van der Waals surface area contributed by atoms with Gasteiger partial charge in [-0.2, -0.15) is 0 Å². The lowest BCUT2D eigenvalue weighted by Crippen LogP contribution is -2.49. The third-order valence-electron chi connectivity index (χ3n) is 5.00. The summed E-state index contributed by atoms with van der Waals surface area (Å²) >= 11 is 1.44. The first-order chi connectivity index (χ1) is 14.1. The molecule has 29 heavy (non-hydrogen) atoms. The number of para-hydroxylation sites is 1. The summed E-state index contributed by atoms with van der Waals surface area (Å²) in [5.74, 6) is 1.87. The second-order valence-corrected chi connectivity index (χ2v) is 8.18. The van der Waals surface area contributed by atoms with Crippen molar-refractivity contribution in [3.05, 3.63) is 48.7 Å². The Balaban J connectivity index is 1.36. The Hall–Kier alpha value is -2.74. The number of hydrogen-bond acceptors (Lipinski definition) is 6. The molecule has 7 nitrogen and oxygen atoms in total.